The molecule has 0 aliphatic rings. The Morgan fingerprint density at radius 1 is 1.10 bits per heavy atom. The van der Waals surface area contributed by atoms with Crippen LogP contribution in [0.15, 0.2) is 36.2 Å². The molecular weight excluding hydrogens is 268 g/mol. The first-order valence-corrected chi connectivity index (χ1v) is 7.25. The van der Waals surface area contributed by atoms with Crippen molar-refractivity contribution in [2.24, 2.45) is 0 Å². The number of benzene rings is 1. The molecule has 0 fully saturated rings. The van der Waals surface area contributed by atoms with Gasteiger partial charge in [-0.15, -0.1) is 21.5 Å². The van der Waals surface area contributed by atoms with Crippen LogP contribution in [0.25, 0.3) is 27.0 Å². The molecule has 0 unspecified atom stereocenters. The van der Waals surface area contributed by atoms with Gasteiger partial charge >= 0.3 is 0 Å². The van der Waals surface area contributed by atoms with E-state index >= 15 is 0 Å². The molecule has 5 heteroatoms. The lowest BCUT2D eigenvalue weighted by Gasteiger charge is -2.04. The van der Waals surface area contributed by atoms with Crippen molar-refractivity contribution in [1.82, 2.24) is 19.6 Å². The number of aryl methyl sites for hydroxylation is 2. The fourth-order valence-corrected chi connectivity index (χ4v) is 3.31. The third kappa shape index (κ3) is 1.56. The zero-order valence-electron chi connectivity index (χ0n) is 11.2. The topological polar surface area (TPSA) is 43.1 Å². The smallest absolute Gasteiger partial charge is 0.172 e. The molecule has 98 valence electrons. The average Bonchev–Trinajstić information content (AvgIpc) is 3.06. The fourth-order valence-electron chi connectivity index (χ4n) is 2.40. The summed E-state index contributed by atoms with van der Waals surface area (Å²) < 4.78 is 1.86. The van der Waals surface area contributed by atoms with Crippen LogP contribution in [0.3, 0.4) is 0 Å². The zero-order valence-corrected chi connectivity index (χ0v) is 12.0. The van der Waals surface area contributed by atoms with E-state index in [1.165, 1.54) is 22.3 Å². The van der Waals surface area contributed by atoms with E-state index in [2.05, 4.69) is 52.6 Å². The third-order valence-electron chi connectivity index (χ3n) is 3.69. The van der Waals surface area contributed by atoms with E-state index < -0.39 is 0 Å². The van der Waals surface area contributed by atoms with Gasteiger partial charge < -0.3 is 0 Å². The molecule has 0 amide bonds. The van der Waals surface area contributed by atoms with Gasteiger partial charge in [0.2, 0.25) is 0 Å². The number of rotatable bonds is 1. The zero-order chi connectivity index (χ0) is 13.7. The van der Waals surface area contributed by atoms with Crippen LogP contribution in [0, 0.1) is 13.8 Å². The number of hydrogen-bond donors (Lipinski definition) is 0. The van der Waals surface area contributed by atoms with E-state index in [0.717, 1.165) is 15.9 Å². The van der Waals surface area contributed by atoms with Gasteiger partial charge in [0.1, 0.15) is 17.5 Å². The van der Waals surface area contributed by atoms with Crippen LogP contribution in [-0.2, 0) is 0 Å². The molecule has 0 aliphatic heterocycles. The molecule has 0 spiro atoms. The molecule has 0 aliphatic carbocycles. The molecule has 4 nitrogen and oxygen atoms in total. The summed E-state index contributed by atoms with van der Waals surface area (Å²) in [6, 6.07) is 6.53. The van der Waals surface area contributed by atoms with E-state index in [1.807, 2.05) is 4.40 Å². The maximum atomic E-state index is 4.47. The van der Waals surface area contributed by atoms with Crippen molar-refractivity contribution in [3.63, 3.8) is 0 Å². The van der Waals surface area contributed by atoms with Gasteiger partial charge in [0.05, 0.1) is 5.39 Å². The molecule has 0 saturated carbocycles. The van der Waals surface area contributed by atoms with E-state index in [9.17, 15) is 0 Å². The highest BCUT2D eigenvalue weighted by molar-refractivity contribution is 7.17. The highest BCUT2D eigenvalue weighted by Gasteiger charge is 2.13. The van der Waals surface area contributed by atoms with Crippen molar-refractivity contribution in [2.75, 3.05) is 0 Å². The van der Waals surface area contributed by atoms with Crippen LogP contribution in [0.5, 0.6) is 0 Å². The summed E-state index contributed by atoms with van der Waals surface area (Å²) >= 11 is 1.64. The number of thiophene rings is 1. The Morgan fingerprint density at radius 3 is 2.85 bits per heavy atom. The highest BCUT2D eigenvalue weighted by Crippen LogP contribution is 2.35. The second-order valence-electron chi connectivity index (χ2n) is 4.93. The second-order valence-corrected chi connectivity index (χ2v) is 5.79. The number of fused-ring (bicyclic) bond motifs is 3. The third-order valence-corrected chi connectivity index (χ3v) is 4.57. The van der Waals surface area contributed by atoms with E-state index in [0.29, 0.717) is 0 Å². The minimum Gasteiger partial charge on any atom is -0.271 e. The maximum absolute atomic E-state index is 4.47. The van der Waals surface area contributed by atoms with Crippen molar-refractivity contribution in [3.8, 4) is 11.1 Å². The standard InChI is InChI=1S/C15H12N4S/c1-9-3-4-11(5-10(9)2)12-6-20-15-13(12)14-18-17-8-19(14)7-16-15/h3-8H,1-2H3. The Hall–Kier alpha value is -2.27. The Labute approximate surface area is 119 Å². The van der Waals surface area contributed by atoms with Gasteiger partial charge in [0, 0.05) is 10.9 Å². The molecule has 0 bridgehead atoms. The Balaban J connectivity index is 2.08. The predicted molar refractivity (Wildman–Crippen MR) is 81.1 cm³/mol. The lowest BCUT2D eigenvalue weighted by Crippen LogP contribution is -1.88. The molecule has 0 saturated heterocycles. The lowest BCUT2D eigenvalue weighted by atomic mass is 10.0. The van der Waals surface area contributed by atoms with Gasteiger partial charge in [0.25, 0.3) is 0 Å². The van der Waals surface area contributed by atoms with Crippen molar-refractivity contribution < 1.29 is 0 Å². The summed E-state index contributed by atoms with van der Waals surface area (Å²) in [4.78, 5) is 5.47. The molecule has 0 N–H and O–H groups in total. The monoisotopic (exact) mass is 280 g/mol. The Bertz CT molecular complexity index is 936. The summed E-state index contributed by atoms with van der Waals surface area (Å²) in [5, 5.41) is 11.4. The summed E-state index contributed by atoms with van der Waals surface area (Å²) in [6.07, 6.45) is 3.45. The minimum atomic E-state index is 0.865. The SMILES string of the molecule is Cc1ccc(-c2csc3ncn4cnnc4c23)cc1C. The summed E-state index contributed by atoms with van der Waals surface area (Å²) in [6.45, 7) is 4.27. The van der Waals surface area contributed by atoms with Crippen molar-refractivity contribution >= 4 is 27.2 Å². The first-order chi connectivity index (χ1) is 9.74. The molecule has 4 aromatic rings. The number of aromatic nitrogens is 4. The normalized spacial score (nSPS) is 11.5. The highest BCUT2D eigenvalue weighted by atomic mass is 32.1. The van der Waals surface area contributed by atoms with Gasteiger partial charge in [-0.1, -0.05) is 18.2 Å². The summed E-state index contributed by atoms with van der Waals surface area (Å²) in [7, 11) is 0. The van der Waals surface area contributed by atoms with E-state index in [1.54, 1.807) is 24.0 Å². The number of hydrogen-bond acceptors (Lipinski definition) is 4. The maximum Gasteiger partial charge on any atom is 0.172 e. The van der Waals surface area contributed by atoms with Gasteiger partial charge in [-0.05, 0) is 30.5 Å². The average molecular weight is 280 g/mol. The molecule has 3 aromatic heterocycles. The molecular formula is C15H12N4S. The molecule has 0 atom stereocenters. The second kappa shape index (κ2) is 4.11. The molecule has 20 heavy (non-hydrogen) atoms. The molecule has 1 aromatic carbocycles. The van der Waals surface area contributed by atoms with Crippen molar-refractivity contribution in [2.45, 2.75) is 13.8 Å². The Morgan fingerprint density at radius 2 is 2.00 bits per heavy atom. The Kier molecular flexibility index (Phi) is 2.37. The van der Waals surface area contributed by atoms with Gasteiger partial charge in [-0.3, -0.25) is 4.40 Å². The van der Waals surface area contributed by atoms with Crippen molar-refractivity contribution in [3.05, 3.63) is 47.4 Å². The van der Waals surface area contributed by atoms with Gasteiger partial charge in [-0.25, -0.2) is 4.98 Å². The molecule has 0 radical (unpaired) electrons. The first kappa shape index (κ1) is 11.5. The fraction of sp³-hybridized carbons (Fsp3) is 0.133. The van der Waals surface area contributed by atoms with E-state index in [-0.39, 0.29) is 0 Å². The van der Waals surface area contributed by atoms with Crippen LogP contribution in [0.4, 0.5) is 0 Å². The molecule has 4 rings (SSSR count). The van der Waals surface area contributed by atoms with Crippen molar-refractivity contribution in [1.29, 1.82) is 0 Å². The van der Waals surface area contributed by atoms with Crippen LogP contribution >= 0.6 is 11.3 Å². The minimum absolute atomic E-state index is 0.865. The van der Waals surface area contributed by atoms with Gasteiger partial charge in [-0.2, -0.15) is 0 Å². The van der Waals surface area contributed by atoms with Gasteiger partial charge in [0.15, 0.2) is 5.65 Å². The van der Waals surface area contributed by atoms with E-state index in [4.69, 9.17) is 0 Å². The predicted octanol–water partition coefficient (Wildman–Crippen LogP) is 3.62. The molecule has 3 heterocycles. The quantitative estimate of drug-likeness (QED) is 0.535. The summed E-state index contributed by atoms with van der Waals surface area (Å²) in [5.74, 6) is 0. The largest absolute Gasteiger partial charge is 0.271 e. The number of nitrogens with zero attached hydrogens (tertiary/aromatic N) is 4. The van der Waals surface area contributed by atoms with Crippen LogP contribution in [0.2, 0.25) is 0 Å². The first-order valence-electron chi connectivity index (χ1n) is 6.37. The van der Waals surface area contributed by atoms with Crippen LogP contribution in [-0.4, -0.2) is 19.6 Å². The van der Waals surface area contributed by atoms with Crippen LogP contribution < -0.4 is 0 Å². The van der Waals surface area contributed by atoms with Crippen LogP contribution in [0.1, 0.15) is 11.1 Å². The lowest BCUT2D eigenvalue weighted by molar-refractivity contribution is 1.08. The summed E-state index contributed by atoms with van der Waals surface area (Å²) in [5.41, 5.74) is 5.85.